The summed E-state index contributed by atoms with van der Waals surface area (Å²) in [6.07, 6.45) is 0.702. The van der Waals surface area contributed by atoms with E-state index in [1.807, 2.05) is 12.1 Å². The monoisotopic (exact) mass is 436 g/mol. The topological polar surface area (TPSA) is 72.2 Å². The number of hydrogen-bond donors (Lipinski definition) is 0. The molecule has 0 saturated carbocycles. The molecule has 2 heterocycles. The fourth-order valence-electron chi connectivity index (χ4n) is 2.92. The summed E-state index contributed by atoms with van der Waals surface area (Å²) in [5.74, 6) is 1.13. The van der Waals surface area contributed by atoms with E-state index in [0.29, 0.717) is 54.5 Å². The number of rotatable bonds is 5. The van der Waals surface area contributed by atoms with Crippen LogP contribution >= 0.6 is 15.9 Å². The van der Waals surface area contributed by atoms with E-state index in [9.17, 15) is 9.59 Å². The Morgan fingerprint density at radius 1 is 1.04 bits per heavy atom. The molecule has 3 rings (SSSR count). The second-order valence-electron chi connectivity index (χ2n) is 6.07. The van der Waals surface area contributed by atoms with Crippen LogP contribution in [0.15, 0.2) is 45.5 Å². The maximum atomic E-state index is 12.5. The summed E-state index contributed by atoms with van der Waals surface area (Å²) in [7, 11) is 1.56. The van der Waals surface area contributed by atoms with Crippen molar-refractivity contribution in [2.45, 2.75) is 6.42 Å². The Hall–Kier alpha value is -2.48. The van der Waals surface area contributed by atoms with Crippen molar-refractivity contribution >= 4 is 27.7 Å². The maximum absolute atomic E-state index is 12.5. The number of furan rings is 1. The van der Waals surface area contributed by atoms with Crippen LogP contribution in [0.25, 0.3) is 0 Å². The third kappa shape index (κ3) is 4.82. The van der Waals surface area contributed by atoms with Gasteiger partial charge in [0, 0.05) is 26.2 Å². The highest BCUT2D eigenvalue weighted by atomic mass is 79.9. The highest BCUT2D eigenvalue weighted by Gasteiger charge is 2.24. The highest BCUT2D eigenvalue weighted by Crippen LogP contribution is 2.25. The number of ether oxygens (including phenoxy) is 2. The number of nitrogens with zero attached hydrogens (tertiary/aromatic N) is 2. The Kier molecular flexibility index (Phi) is 6.39. The molecule has 144 valence electrons. The van der Waals surface area contributed by atoms with Crippen molar-refractivity contribution < 1.29 is 23.5 Å². The van der Waals surface area contributed by atoms with Crippen LogP contribution in [0.4, 0.5) is 0 Å². The van der Waals surface area contributed by atoms with E-state index in [0.717, 1.165) is 0 Å². The number of methoxy groups -OCH3 is 1. The standard InChI is InChI=1S/C19H21BrN2O5/c1-25-14-5-2-3-6-15(14)26-13-18(23)21-9-4-10-22(12-11-21)19(24)16-7-8-17(20)27-16/h2-3,5-8H,4,9-13H2,1H3. The summed E-state index contributed by atoms with van der Waals surface area (Å²) < 4.78 is 16.7. The maximum Gasteiger partial charge on any atom is 0.289 e. The molecule has 0 bridgehead atoms. The summed E-state index contributed by atoms with van der Waals surface area (Å²) >= 11 is 3.20. The lowest BCUT2D eigenvalue weighted by Gasteiger charge is -2.22. The molecule has 0 N–H and O–H groups in total. The van der Waals surface area contributed by atoms with Crippen LogP contribution in [-0.2, 0) is 4.79 Å². The van der Waals surface area contributed by atoms with Gasteiger partial charge in [0.15, 0.2) is 28.5 Å². The molecule has 1 saturated heterocycles. The molecular weight excluding hydrogens is 416 g/mol. The molecule has 1 aliphatic heterocycles. The zero-order chi connectivity index (χ0) is 19.2. The van der Waals surface area contributed by atoms with E-state index in [1.165, 1.54) is 0 Å². The number of hydrogen-bond acceptors (Lipinski definition) is 5. The van der Waals surface area contributed by atoms with E-state index in [4.69, 9.17) is 13.9 Å². The third-order valence-electron chi connectivity index (χ3n) is 4.34. The second kappa shape index (κ2) is 8.94. The molecule has 27 heavy (non-hydrogen) atoms. The molecule has 1 fully saturated rings. The minimum absolute atomic E-state index is 0.0700. The Morgan fingerprint density at radius 3 is 2.44 bits per heavy atom. The van der Waals surface area contributed by atoms with E-state index in [-0.39, 0.29) is 18.4 Å². The van der Waals surface area contributed by atoms with Crippen molar-refractivity contribution in [3.8, 4) is 11.5 Å². The SMILES string of the molecule is COc1ccccc1OCC(=O)N1CCCN(C(=O)c2ccc(Br)o2)CC1. The van der Waals surface area contributed by atoms with Gasteiger partial charge >= 0.3 is 0 Å². The zero-order valence-electron chi connectivity index (χ0n) is 15.0. The van der Waals surface area contributed by atoms with Crippen LogP contribution in [0.5, 0.6) is 11.5 Å². The van der Waals surface area contributed by atoms with E-state index in [2.05, 4.69) is 15.9 Å². The Labute approximate surface area is 165 Å². The van der Waals surface area contributed by atoms with Crippen molar-refractivity contribution in [2.24, 2.45) is 0 Å². The third-order valence-corrected chi connectivity index (χ3v) is 4.77. The normalized spacial score (nSPS) is 14.6. The highest BCUT2D eigenvalue weighted by molar-refractivity contribution is 9.10. The first-order valence-electron chi connectivity index (χ1n) is 8.66. The molecule has 0 radical (unpaired) electrons. The van der Waals surface area contributed by atoms with Crippen molar-refractivity contribution in [1.29, 1.82) is 0 Å². The minimum Gasteiger partial charge on any atom is -0.493 e. The van der Waals surface area contributed by atoms with Gasteiger partial charge in [-0.1, -0.05) is 12.1 Å². The number of halogens is 1. The largest absolute Gasteiger partial charge is 0.493 e. The van der Waals surface area contributed by atoms with Crippen LogP contribution in [0.2, 0.25) is 0 Å². The molecule has 0 aliphatic carbocycles. The van der Waals surface area contributed by atoms with Gasteiger partial charge in [-0.15, -0.1) is 0 Å². The number of carbonyl (C=O) groups is 2. The molecule has 7 nitrogen and oxygen atoms in total. The smallest absolute Gasteiger partial charge is 0.289 e. The quantitative estimate of drug-likeness (QED) is 0.720. The van der Waals surface area contributed by atoms with Gasteiger partial charge in [-0.25, -0.2) is 0 Å². The molecular formula is C19H21BrN2O5. The number of carbonyl (C=O) groups excluding carboxylic acids is 2. The molecule has 0 spiro atoms. The average Bonchev–Trinajstić information content (AvgIpc) is 2.97. The first kappa shape index (κ1) is 19.3. The lowest BCUT2D eigenvalue weighted by atomic mass is 10.3. The molecule has 1 aliphatic rings. The van der Waals surface area contributed by atoms with Crippen LogP contribution in [0.3, 0.4) is 0 Å². The van der Waals surface area contributed by atoms with Gasteiger partial charge in [0.2, 0.25) is 0 Å². The first-order valence-corrected chi connectivity index (χ1v) is 9.46. The van der Waals surface area contributed by atoms with Crippen molar-refractivity contribution in [3.05, 3.63) is 46.8 Å². The second-order valence-corrected chi connectivity index (χ2v) is 6.85. The Morgan fingerprint density at radius 2 is 1.74 bits per heavy atom. The fourth-order valence-corrected chi connectivity index (χ4v) is 3.23. The molecule has 8 heteroatoms. The number of amides is 2. The Bertz CT molecular complexity index is 807. The van der Waals surface area contributed by atoms with E-state index >= 15 is 0 Å². The van der Waals surface area contributed by atoms with Crippen LogP contribution in [0, 0.1) is 0 Å². The minimum atomic E-state index is -0.166. The number of benzene rings is 1. The molecule has 1 aromatic carbocycles. The van der Waals surface area contributed by atoms with Gasteiger partial charge in [0.05, 0.1) is 7.11 Å². The fraction of sp³-hybridized carbons (Fsp3) is 0.368. The molecule has 0 unspecified atom stereocenters. The number of para-hydroxylation sites is 2. The first-order chi connectivity index (χ1) is 13.1. The van der Waals surface area contributed by atoms with E-state index in [1.54, 1.807) is 41.2 Å². The lowest BCUT2D eigenvalue weighted by molar-refractivity contribution is -0.133. The molecule has 2 amide bonds. The van der Waals surface area contributed by atoms with Crippen molar-refractivity contribution in [1.82, 2.24) is 9.80 Å². The summed E-state index contributed by atoms with van der Waals surface area (Å²) in [4.78, 5) is 28.4. The van der Waals surface area contributed by atoms with Crippen LogP contribution in [-0.4, -0.2) is 61.5 Å². The summed E-state index contributed by atoms with van der Waals surface area (Å²) in [6.45, 7) is 2.01. The Balaban J connectivity index is 1.54. The van der Waals surface area contributed by atoms with Gasteiger partial charge in [-0.2, -0.15) is 0 Å². The van der Waals surface area contributed by atoms with Crippen molar-refractivity contribution in [3.63, 3.8) is 0 Å². The van der Waals surface area contributed by atoms with Crippen LogP contribution < -0.4 is 9.47 Å². The van der Waals surface area contributed by atoms with Gasteiger partial charge in [-0.05, 0) is 46.6 Å². The predicted molar refractivity (Wildman–Crippen MR) is 102 cm³/mol. The lowest BCUT2D eigenvalue weighted by Crippen LogP contribution is -2.39. The van der Waals surface area contributed by atoms with Gasteiger partial charge in [0.1, 0.15) is 0 Å². The average molecular weight is 437 g/mol. The summed E-state index contributed by atoms with van der Waals surface area (Å²) in [6, 6.07) is 10.5. The van der Waals surface area contributed by atoms with Crippen LogP contribution in [0.1, 0.15) is 17.0 Å². The molecule has 1 aromatic heterocycles. The zero-order valence-corrected chi connectivity index (χ0v) is 16.6. The predicted octanol–water partition coefficient (Wildman–Crippen LogP) is 2.80. The van der Waals surface area contributed by atoms with Crippen molar-refractivity contribution in [2.75, 3.05) is 39.9 Å². The van der Waals surface area contributed by atoms with Gasteiger partial charge in [-0.3, -0.25) is 9.59 Å². The van der Waals surface area contributed by atoms with Gasteiger partial charge < -0.3 is 23.7 Å². The molecule has 0 atom stereocenters. The van der Waals surface area contributed by atoms with Gasteiger partial charge in [0.25, 0.3) is 11.8 Å². The summed E-state index contributed by atoms with van der Waals surface area (Å²) in [5, 5.41) is 0. The molecule has 2 aromatic rings. The summed E-state index contributed by atoms with van der Waals surface area (Å²) in [5.41, 5.74) is 0. The van der Waals surface area contributed by atoms with E-state index < -0.39 is 0 Å².